The molecule has 0 amide bonds. The lowest BCUT2D eigenvalue weighted by Crippen LogP contribution is -3.02. The van der Waals surface area contributed by atoms with Crippen LogP contribution < -0.4 is 37.3 Å². The van der Waals surface area contributed by atoms with Crippen molar-refractivity contribution in [3.63, 3.8) is 0 Å². The zero-order valence-electron chi connectivity index (χ0n) is 17.0. The van der Waals surface area contributed by atoms with E-state index < -0.39 is 11.9 Å². The third-order valence-corrected chi connectivity index (χ3v) is 0.515. The van der Waals surface area contributed by atoms with Crippen LogP contribution in [0.15, 0.2) is 24.8 Å². The van der Waals surface area contributed by atoms with Gasteiger partial charge >= 0.3 is 0 Å². The molecule has 0 saturated heterocycles. The molecule has 0 saturated carbocycles. The number of aliphatic carboxylic acids is 2. The first kappa shape index (κ1) is 38.3. The molecule has 0 aromatic rings. The van der Waals surface area contributed by atoms with Gasteiger partial charge in [0.15, 0.2) is 0 Å². The fraction of sp³-hybridized carbons (Fsp3) is 0.625. The molecular weight excluding hydrogens is 334 g/mol. The summed E-state index contributed by atoms with van der Waals surface area (Å²) in [4.78, 5) is 22.9. The summed E-state index contributed by atoms with van der Waals surface area (Å²) in [5.41, 5.74) is 0.0648. The van der Waals surface area contributed by atoms with Crippen LogP contribution in [-0.2, 0) is 9.59 Å². The Morgan fingerprint density at radius 3 is 0.875 bits per heavy atom. The van der Waals surface area contributed by atoms with Crippen molar-refractivity contribution >= 4 is 11.9 Å². The summed E-state index contributed by atoms with van der Waals surface area (Å²) >= 11 is 0. The van der Waals surface area contributed by atoms with Crippen LogP contribution in [-0.4, -0.2) is 75.4 Å². The SMILES string of the molecule is C=C(C)C(=O)[O-].C=CC(=O)[O-].C[NH+](C)C.C[NH+](C)C.C[NH+](C)C.[Cl-]. The second kappa shape index (κ2) is 29.6. The van der Waals surface area contributed by atoms with E-state index in [4.69, 9.17) is 9.90 Å². The summed E-state index contributed by atoms with van der Waals surface area (Å²) in [6.45, 7) is 7.38. The summed E-state index contributed by atoms with van der Waals surface area (Å²) in [5.74, 6) is -2.42. The van der Waals surface area contributed by atoms with E-state index in [1.54, 1.807) is 0 Å². The van der Waals surface area contributed by atoms with Crippen LogP contribution in [0.2, 0.25) is 0 Å². The largest absolute Gasteiger partial charge is 1.00 e. The first-order valence-corrected chi connectivity index (χ1v) is 7.12. The van der Waals surface area contributed by atoms with E-state index >= 15 is 0 Å². The normalized spacial score (nSPS) is 7.71. The van der Waals surface area contributed by atoms with E-state index in [0.29, 0.717) is 0 Å². The molecule has 0 aromatic heterocycles. The van der Waals surface area contributed by atoms with Gasteiger partial charge in [-0.05, 0) is 18.6 Å². The highest BCUT2D eigenvalue weighted by Gasteiger charge is 1.76. The van der Waals surface area contributed by atoms with Crippen molar-refractivity contribution in [3.05, 3.63) is 24.8 Å². The molecule has 0 atom stereocenters. The topological polar surface area (TPSA) is 93.6 Å². The highest BCUT2D eigenvalue weighted by atomic mass is 35.5. The van der Waals surface area contributed by atoms with Crippen LogP contribution in [0.4, 0.5) is 0 Å². The van der Waals surface area contributed by atoms with Gasteiger partial charge in [0.05, 0.1) is 75.4 Å². The molecule has 0 heterocycles. The minimum atomic E-state index is -1.23. The molecule has 7 nitrogen and oxygen atoms in total. The fourth-order valence-corrected chi connectivity index (χ4v) is 0. The lowest BCUT2D eigenvalue weighted by atomic mass is 10.4. The van der Waals surface area contributed by atoms with Gasteiger partial charge in [-0.1, -0.05) is 13.2 Å². The molecule has 0 aliphatic heterocycles. The molecule has 0 spiro atoms. The number of halogens is 1. The Labute approximate surface area is 154 Å². The first-order chi connectivity index (χ1) is 10.1. The van der Waals surface area contributed by atoms with Gasteiger partial charge in [-0.25, -0.2) is 0 Å². The van der Waals surface area contributed by atoms with Crippen molar-refractivity contribution < 1.29 is 46.9 Å². The Hall–Kier alpha value is -1.41. The highest BCUT2D eigenvalue weighted by Crippen LogP contribution is 1.77. The second-order valence-corrected chi connectivity index (χ2v) is 6.09. The van der Waals surface area contributed by atoms with Crippen molar-refractivity contribution in [2.24, 2.45) is 0 Å². The monoisotopic (exact) mass is 371 g/mol. The van der Waals surface area contributed by atoms with Crippen LogP contribution >= 0.6 is 0 Å². The third kappa shape index (κ3) is 375. The summed E-state index contributed by atoms with van der Waals surface area (Å²) in [6, 6.07) is 0. The summed E-state index contributed by atoms with van der Waals surface area (Å²) < 4.78 is 0. The predicted molar refractivity (Wildman–Crippen MR) is 91.2 cm³/mol. The Bertz CT molecular complexity index is 273. The summed E-state index contributed by atoms with van der Waals surface area (Å²) in [6.07, 6.45) is 0.722. The molecule has 24 heavy (non-hydrogen) atoms. The standard InChI is InChI=1S/C4H6O2.3C3H9N.C3H4O2.ClH/c1-3(2)4(5)6;3*1-4(2)3;1-2-3(4)5;/h1H2,2H3,(H,5,6);3*1-3H3;2H,1H2,(H,4,5);1H. The second-order valence-electron chi connectivity index (χ2n) is 6.09. The maximum Gasteiger partial charge on any atom is 0.0666 e. The lowest BCUT2D eigenvalue weighted by molar-refractivity contribution is -0.836. The van der Waals surface area contributed by atoms with Gasteiger partial charge in [-0.15, -0.1) is 0 Å². The number of quaternary nitrogens is 3. The molecule has 0 aromatic carbocycles. The van der Waals surface area contributed by atoms with Gasteiger partial charge in [0.1, 0.15) is 0 Å². The molecule has 0 bridgehead atoms. The number of carbonyl (C=O) groups excluding carboxylic acids is 2. The van der Waals surface area contributed by atoms with Crippen molar-refractivity contribution in [1.82, 2.24) is 0 Å². The van der Waals surface area contributed by atoms with E-state index in [9.17, 15) is 9.90 Å². The van der Waals surface area contributed by atoms with Crippen LogP contribution in [0, 0.1) is 0 Å². The van der Waals surface area contributed by atoms with E-state index in [-0.39, 0.29) is 18.0 Å². The van der Waals surface area contributed by atoms with Crippen LogP contribution in [0.1, 0.15) is 6.92 Å². The lowest BCUT2D eigenvalue weighted by Gasteiger charge is -1.93. The molecule has 0 radical (unpaired) electrons. The molecule has 0 fully saturated rings. The van der Waals surface area contributed by atoms with Crippen LogP contribution in [0.5, 0.6) is 0 Å². The Kier molecular flexibility index (Phi) is 47.2. The van der Waals surface area contributed by atoms with Crippen molar-refractivity contribution in [2.45, 2.75) is 6.92 Å². The van der Waals surface area contributed by atoms with Crippen molar-refractivity contribution in [2.75, 3.05) is 63.4 Å². The average Bonchev–Trinajstić information content (AvgIpc) is 2.27. The average molecular weight is 372 g/mol. The van der Waals surface area contributed by atoms with Crippen molar-refractivity contribution in [1.29, 1.82) is 0 Å². The molecule has 0 aliphatic carbocycles. The first-order valence-electron chi connectivity index (χ1n) is 7.12. The number of rotatable bonds is 2. The quantitative estimate of drug-likeness (QED) is 0.420. The number of carboxylic acids is 2. The molecule has 0 unspecified atom stereocenters. The fourth-order valence-electron chi connectivity index (χ4n) is 0. The molecule has 148 valence electrons. The maximum absolute atomic E-state index is 9.49. The molecular formula is C16H38ClN3O4. The number of carbonyl (C=O) groups is 2. The summed E-state index contributed by atoms with van der Waals surface area (Å²) in [7, 11) is 18.8. The zero-order chi connectivity index (χ0) is 20.2. The van der Waals surface area contributed by atoms with E-state index in [1.807, 2.05) is 0 Å². The molecule has 0 aliphatic rings. The smallest absolute Gasteiger partial charge is 0.0666 e. The number of hydrogen-bond acceptors (Lipinski definition) is 4. The third-order valence-electron chi connectivity index (χ3n) is 0.515. The highest BCUT2D eigenvalue weighted by molar-refractivity contribution is 5.82. The minimum Gasteiger partial charge on any atom is -1.00 e. The minimum absolute atomic E-state index is 0. The van der Waals surface area contributed by atoms with Gasteiger partial charge in [0, 0.05) is 0 Å². The van der Waals surface area contributed by atoms with Gasteiger partial charge < -0.3 is 46.9 Å². The molecule has 3 N–H and O–H groups in total. The molecule has 0 rings (SSSR count). The van der Waals surface area contributed by atoms with E-state index in [2.05, 4.69) is 76.6 Å². The predicted octanol–water partition coefficient (Wildman–Crippen LogP) is -8.48. The molecule has 8 heteroatoms. The van der Waals surface area contributed by atoms with Gasteiger partial charge in [0.25, 0.3) is 0 Å². The zero-order valence-corrected chi connectivity index (χ0v) is 17.8. The number of nitrogens with one attached hydrogen (secondary N) is 3. The van der Waals surface area contributed by atoms with Crippen LogP contribution in [0.3, 0.4) is 0 Å². The van der Waals surface area contributed by atoms with Gasteiger partial charge in [-0.3, -0.25) is 0 Å². The Balaban J connectivity index is -0.0000000422. The van der Waals surface area contributed by atoms with E-state index in [0.717, 1.165) is 6.08 Å². The van der Waals surface area contributed by atoms with Gasteiger partial charge in [0.2, 0.25) is 0 Å². The number of hydrogen-bond donors (Lipinski definition) is 3. The summed E-state index contributed by atoms with van der Waals surface area (Å²) in [5, 5.41) is 18.6. The number of carboxylic acid groups (broad SMARTS) is 2. The Morgan fingerprint density at radius 1 is 0.792 bits per heavy atom. The Morgan fingerprint density at radius 2 is 0.875 bits per heavy atom. The van der Waals surface area contributed by atoms with Gasteiger partial charge in [-0.2, -0.15) is 0 Å². The van der Waals surface area contributed by atoms with Crippen molar-refractivity contribution in [3.8, 4) is 0 Å². The van der Waals surface area contributed by atoms with Crippen LogP contribution in [0.25, 0.3) is 0 Å². The van der Waals surface area contributed by atoms with E-state index in [1.165, 1.54) is 21.6 Å². The maximum atomic E-state index is 9.49.